The number of hydrogen-bond acceptors (Lipinski definition) is 2. The number of ether oxygens (including phenoxy) is 1. The molecule has 0 saturated heterocycles. The fourth-order valence-electron chi connectivity index (χ4n) is 1.41. The first-order valence-electron chi connectivity index (χ1n) is 5.39. The Labute approximate surface area is 114 Å². The fourth-order valence-corrected chi connectivity index (χ4v) is 2.55. The lowest BCUT2D eigenvalue weighted by molar-refractivity contribution is 0.206. The van der Waals surface area contributed by atoms with Crippen molar-refractivity contribution < 1.29 is 4.74 Å². The smallest absolute Gasteiger partial charge is 0.133 e. The minimum Gasteiger partial charge on any atom is -0.490 e. The summed E-state index contributed by atoms with van der Waals surface area (Å²) in [6, 6.07) is 5.96. The molecule has 0 aromatic heterocycles. The molecule has 0 bridgehead atoms. The summed E-state index contributed by atoms with van der Waals surface area (Å²) in [5, 5.41) is 3.13. The third kappa shape index (κ3) is 4.85. The summed E-state index contributed by atoms with van der Waals surface area (Å²) in [4.78, 5) is 0. The minimum atomic E-state index is 0.242. The number of hydrogen-bond donors (Lipinski definition) is 1. The molecule has 0 fully saturated rings. The topological polar surface area (TPSA) is 21.3 Å². The monoisotopic (exact) mass is 349 g/mol. The van der Waals surface area contributed by atoms with E-state index >= 15 is 0 Å². The molecule has 0 spiro atoms. The van der Waals surface area contributed by atoms with Gasteiger partial charge in [-0.15, -0.1) is 0 Å². The molecule has 1 unspecified atom stereocenters. The minimum absolute atomic E-state index is 0.242. The molecule has 1 atom stereocenters. The van der Waals surface area contributed by atoms with E-state index in [9.17, 15) is 0 Å². The van der Waals surface area contributed by atoms with Gasteiger partial charge < -0.3 is 10.1 Å². The van der Waals surface area contributed by atoms with Gasteiger partial charge in [-0.25, -0.2) is 0 Å². The number of halogens is 2. The maximum absolute atomic E-state index is 5.85. The summed E-state index contributed by atoms with van der Waals surface area (Å²) in [5.41, 5.74) is 0. The summed E-state index contributed by atoms with van der Waals surface area (Å²) in [6.07, 6.45) is 2.43. The Kier molecular flexibility index (Phi) is 6.39. The van der Waals surface area contributed by atoms with Crippen LogP contribution in [0.2, 0.25) is 0 Å². The highest BCUT2D eigenvalue weighted by molar-refractivity contribution is 9.11. The molecule has 0 heterocycles. The maximum Gasteiger partial charge on any atom is 0.133 e. The molecule has 16 heavy (non-hydrogen) atoms. The van der Waals surface area contributed by atoms with Crippen LogP contribution in [0.5, 0.6) is 5.75 Å². The Bertz CT molecular complexity index is 331. The van der Waals surface area contributed by atoms with Gasteiger partial charge in [0, 0.05) is 4.47 Å². The molecule has 0 aliphatic heterocycles. The lowest BCUT2D eigenvalue weighted by atomic mass is 10.2. The van der Waals surface area contributed by atoms with E-state index in [4.69, 9.17) is 4.74 Å². The molecular weight excluding hydrogens is 334 g/mol. The second-order valence-electron chi connectivity index (χ2n) is 3.75. The van der Waals surface area contributed by atoms with Crippen LogP contribution < -0.4 is 10.1 Å². The number of benzene rings is 1. The highest BCUT2D eigenvalue weighted by Crippen LogP contribution is 2.29. The molecule has 4 heteroatoms. The van der Waals surface area contributed by atoms with Gasteiger partial charge in [0.1, 0.15) is 5.75 Å². The first-order chi connectivity index (χ1) is 7.63. The second kappa shape index (κ2) is 7.30. The van der Waals surface area contributed by atoms with E-state index in [1.165, 1.54) is 0 Å². The Balaban J connectivity index is 2.46. The normalized spacial score (nSPS) is 12.5. The van der Waals surface area contributed by atoms with E-state index < -0.39 is 0 Å². The third-order valence-electron chi connectivity index (χ3n) is 2.26. The highest BCUT2D eigenvalue weighted by Gasteiger charge is 2.07. The fraction of sp³-hybridized carbons (Fsp3) is 0.500. The van der Waals surface area contributed by atoms with Crippen molar-refractivity contribution in [2.45, 2.75) is 25.9 Å². The molecule has 0 amide bonds. The van der Waals surface area contributed by atoms with Gasteiger partial charge in [-0.2, -0.15) is 0 Å². The van der Waals surface area contributed by atoms with Crippen LogP contribution in [-0.2, 0) is 0 Å². The first-order valence-corrected chi connectivity index (χ1v) is 6.98. The molecule has 2 nitrogen and oxygen atoms in total. The average Bonchev–Trinajstić information content (AvgIpc) is 2.23. The molecule has 90 valence electrons. The Hall–Kier alpha value is -0.0600. The van der Waals surface area contributed by atoms with Crippen LogP contribution in [0.4, 0.5) is 0 Å². The van der Waals surface area contributed by atoms with E-state index in [-0.39, 0.29) is 6.10 Å². The van der Waals surface area contributed by atoms with Crippen LogP contribution in [0.1, 0.15) is 19.8 Å². The summed E-state index contributed by atoms with van der Waals surface area (Å²) >= 11 is 6.91. The third-order valence-corrected chi connectivity index (χ3v) is 3.37. The van der Waals surface area contributed by atoms with Crippen LogP contribution in [0.25, 0.3) is 0 Å². The van der Waals surface area contributed by atoms with Gasteiger partial charge in [-0.05, 0) is 67.5 Å². The molecule has 0 aliphatic rings. The van der Waals surface area contributed by atoms with Crippen LogP contribution >= 0.6 is 31.9 Å². The Morgan fingerprint density at radius 1 is 1.38 bits per heavy atom. The SMILES string of the molecule is CNCCCC(C)Oc1ccc(Br)cc1Br. The van der Waals surface area contributed by atoms with Gasteiger partial charge >= 0.3 is 0 Å². The van der Waals surface area contributed by atoms with E-state index in [1.807, 2.05) is 25.2 Å². The van der Waals surface area contributed by atoms with Crippen LogP contribution in [0.15, 0.2) is 27.1 Å². The van der Waals surface area contributed by atoms with Crippen LogP contribution in [0.3, 0.4) is 0 Å². The molecule has 1 aromatic carbocycles. The van der Waals surface area contributed by atoms with Gasteiger partial charge in [0.25, 0.3) is 0 Å². The lowest BCUT2D eigenvalue weighted by Gasteiger charge is -2.15. The molecular formula is C12H17Br2NO. The van der Waals surface area contributed by atoms with Crippen molar-refractivity contribution in [3.8, 4) is 5.75 Å². The van der Waals surface area contributed by atoms with Crippen molar-refractivity contribution in [3.63, 3.8) is 0 Å². The maximum atomic E-state index is 5.85. The molecule has 1 N–H and O–H groups in total. The molecule has 1 rings (SSSR count). The summed E-state index contributed by atoms with van der Waals surface area (Å²) in [7, 11) is 1.97. The van der Waals surface area contributed by atoms with Crippen molar-refractivity contribution in [2.24, 2.45) is 0 Å². The standard InChI is InChI=1S/C12H17Br2NO/c1-9(4-3-7-15-2)16-12-6-5-10(13)8-11(12)14/h5-6,8-9,15H,3-4,7H2,1-2H3. The summed E-state index contributed by atoms with van der Waals surface area (Å²) in [5.74, 6) is 0.903. The molecule has 1 aromatic rings. The van der Waals surface area contributed by atoms with Crippen molar-refractivity contribution in [2.75, 3.05) is 13.6 Å². The Morgan fingerprint density at radius 2 is 2.12 bits per heavy atom. The van der Waals surface area contributed by atoms with Gasteiger partial charge in [0.2, 0.25) is 0 Å². The zero-order valence-electron chi connectivity index (χ0n) is 9.59. The van der Waals surface area contributed by atoms with Gasteiger partial charge in [-0.3, -0.25) is 0 Å². The molecule has 0 radical (unpaired) electrons. The zero-order valence-corrected chi connectivity index (χ0v) is 12.8. The average molecular weight is 351 g/mol. The predicted molar refractivity (Wildman–Crippen MR) is 75.1 cm³/mol. The quantitative estimate of drug-likeness (QED) is 0.783. The summed E-state index contributed by atoms with van der Waals surface area (Å²) in [6.45, 7) is 3.14. The van der Waals surface area contributed by atoms with Gasteiger partial charge in [0.05, 0.1) is 10.6 Å². The van der Waals surface area contributed by atoms with E-state index in [0.717, 1.165) is 34.1 Å². The van der Waals surface area contributed by atoms with Crippen molar-refractivity contribution in [3.05, 3.63) is 27.1 Å². The van der Waals surface area contributed by atoms with Crippen molar-refractivity contribution in [1.82, 2.24) is 5.32 Å². The lowest BCUT2D eigenvalue weighted by Crippen LogP contribution is -2.15. The predicted octanol–water partition coefficient (Wildman–Crippen LogP) is 3.98. The molecule has 0 saturated carbocycles. The van der Waals surface area contributed by atoms with Crippen LogP contribution in [-0.4, -0.2) is 19.7 Å². The largest absolute Gasteiger partial charge is 0.490 e. The number of rotatable bonds is 6. The van der Waals surface area contributed by atoms with E-state index in [0.29, 0.717) is 0 Å². The van der Waals surface area contributed by atoms with Crippen molar-refractivity contribution in [1.29, 1.82) is 0 Å². The molecule has 0 aliphatic carbocycles. The van der Waals surface area contributed by atoms with E-state index in [1.54, 1.807) is 0 Å². The second-order valence-corrected chi connectivity index (χ2v) is 5.52. The van der Waals surface area contributed by atoms with Gasteiger partial charge in [-0.1, -0.05) is 15.9 Å². The number of nitrogens with one attached hydrogen (secondary N) is 1. The highest BCUT2D eigenvalue weighted by atomic mass is 79.9. The van der Waals surface area contributed by atoms with Gasteiger partial charge in [0.15, 0.2) is 0 Å². The first kappa shape index (κ1) is 14.0. The Morgan fingerprint density at radius 3 is 2.75 bits per heavy atom. The van der Waals surface area contributed by atoms with E-state index in [2.05, 4.69) is 44.1 Å². The van der Waals surface area contributed by atoms with Crippen molar-refractivity contribution >= 4 is 31.9 Å². The summed E-state index contributed by atoms with van der Waals surface area (Å²) < 4.78 is 7.89. The van der Waals surface area contributed by atoms with Crippen LogP contribution in [0, 0.1) is 0 Å². The zero-order chi connectivity index (χ0) is 12.0.